The van der Waals surface area contributed by atoms with E-state index in [0.29, 0.717) is 17.0 Å². The lowest BCUT2D eigenvalue weighted by Gasteiger charge is -2.22. The van der Waals surface area contributed by atoms with Gasteiger partial charge in [0, 0.05) is 24.2 Å². The van der Waals surface area contributed by atoms with Crippen LogP contribution in [0.1, 0.15) is 5.56 Å². The Kier molecular flexibility index (Phi) is 8.74. The molecule has 1 aliphatic rings. The van der Waals surface area contributed by atoms with Crippen molar-refractivity contribution in [1.82, 2.24) is 5.32 Å². The fourth-order valence-corrected chi connectivity index (χ4v) is 4.53. The molecule has 0 radical (unpaired) electrons. The van der Waals surface area contributed by atoms with Gasteiger partial charge in [-0.25, -0.2) is 4.39 Å². The Bertz CT molecular complexity index is 1090. The molecule has 0 saturated carbocycles. The molecule has 1 saturated heterocycles. The van der Waals surface area contributed by atoms with E-state index in [2.05, 4.69) is 5.32 Å². The summed E-state index contributed by atoms with van der Waals surface area (Å²) in [5.41, 5.74) is 1.99. The van der Waals surface area contributed by atoms with Crippen LogP contribution in [0.25, 0.3) is 0 Å². The third kappa shape index (κ3) is 6.25. The SMILES string of the molecule is COC(NC=S)C1CN(c2ccc(CCOS(=O)(=O)c3ccc(Cl)cc3)c(F)c2)C(C=O)O1. The highest BCUT2D eigenvalue weighted by Crippen LogP contribution is 2.27. The smallest absolute Gasteiger partial charge is 0.296 e. The first-order chi connectivity index (χ1) is 15.8. The van der Waals surface area contributed by atoms with Gasteiger partial charge in [-0.15, -0.1) is 0 Å². The van der Waals surface area contributed by atoms with Crippen LogP contribution in [0.3, 0.4) is 0 Å². The summed E-state index contributed by atoms with van der Waals surface area (Å²) in [5, 5.41) is 3.22. The number of benzene rings is 2. The van der Waals surface area contributed by atoms with Gasteiger partial charge in [-0.1, -0.05) is 29.9 Å². The van der Waals surface area contributed by atoms with E-state index in [0.717, 1.165) is 0 Å². The molecule has 2 aromatic rings. The molecule has 1 heterocycles. The molecule has 33 heavy (non-hydrogen) atoms. The van der Waals surface area contributed by atoms with E-state index in [9.17, 15) is 17.6 Å². The van der Waals surface area contributed by atoms with Gasteiger partial charge in [0.05, 0.1) is 23.5 Å². The second kappa shape index (κ2) is 11.3. The average molecular weight is 517 g/mol. The first kappa shape index (κ1) is 25.5. The number of carbonyl (C=O) groups is 1. The largest absolute Gasteiger partial charge is 0.359 e. The topological polar surface area (TPSA) is 94.2 Å². The number of nitrogens with zero attached hydrogens (tertiary/aromatic N) is 1. The van der Waals surface area contributed by atoms with Crippen LogP contribution >= 0.6 is 23.8 Å². The summed E-state index contributed by atoms with van der Waals surface area (Å²) < 4.78 is 55.2. The van der Waals surface area contributed by atoms with Gasteiger partial charge in [-0.05, 0) is 42.0 Å². The first-order valence-corrected chi connectivity index (χ1v) is 12.1. The summed E-state index contributed by atoms with van der Waals surface area (Å²) >= 11 is 10.5. The quantitative estimate of drug-likeness (QED) is 0.209. The highest BCUT2D eigenvalue weighted by Gasteiger charge is 2.37. The van der Waals surface area contributed by atoms with Crippen molar-refractivity contribution in [3.63, 3.8) is 0 Å². The lowest BCUT2D eigenvalue weighted by atomic mass is 10.1. The Balaban J connectivity index is 1.65. The number of hydrogen-bond donors (Lipinski definition) is 1. The molecule has 3 rings (SSSR count). The number of hydrogen-bond acceptors (Lipinski definition) is 8. The van der Waals surface area contributed by atoms with E-state index < -0.39 is 34.5 Å². The predicted octanol–water partition coefficient (Wildman–Crippen LogP) is 2.68. The number of aldehydes is 1. The molecule has 0 aromatic heterocycles. The maximum absolute atomic E-state index is 14.7. The van der Waals surface area contributed by atoms with Crippen LogP contribution < -0.4 is 10.2 Å². The fraction of sp³-hybridized carbons (Fsp3) is 0.333. The Hall–Kier alpha value is -2.15. The van der Waals surface area contributed by atoms with Crippen molar-refractivity contribution < 1.29 is 31.3 Å². The Morgan fingerprint density at radius 1 is 1.33 bits per heavy atom. The maximum atomic E-state index is 14.7. The Labute approximate surface area is 201 Å². The molecule has 1 aliphatic heterocycles. The van der Waals surface area contributed by atoms with Crippen LogP contribution in [-0.4, -0.2) is 59.0 Å². The van der Waals surface area contributed by atoms with Crippen LogP contribution in [0.2, 0.25) is 5.02 Å². The van der Waals surface area contributed by atoms with Gasteiger partial charge >= 0.3 is 0 Å². The number of nitrogens with one attached hydrogen (secondary N) is 1. The maximum Gasteiger partial charge on any atom is 0.296 e. The number of rotatable bonds is 11. The molecule has 1 fully saturated rings. The lowest BCUT2D eigenvalue weighted by Crippen LogP contribution is -2.42. The van der Waals surface area contributed by atoms with Crippen molar-refractivity contribution in [3.8, 4) is 0 Å². The minimum Gasteiger partial charge on any atom is -0.359 e. The molecule has 0 bridgehead atoms. The molecule has 12 heteroatoms. The van der Waals surface area contributed by atoms with Gasteiger partial charge in [0.25, 0.3) is 10.1 Å². The van der Waals surface area contributed by atoms with Gasteiger partial charge in [-0.2, -0.15) is 8.42 Å². The minimum absolute atomic E-state index is 0.0273. The van der Waals surface area contributed by atoms with E-state index in [-0.39, 0.29) is 30.0 Å². The zero-order valence-electron chi connectivity index (χ0n) is 17.5. The third-order valence-electron chi connectivity index (χ3n) is 5.02. The van der Waals surface area contributed by atoms with Crippen LogP contribution in [0, 0.1) is 5.82 Å². The molecule has 0 aliphatic carbocycles. The van der Waals surface area contributed by atoms with E-state index in [1.54, 1.807) is 11.0 Å². The Morgan fingerprint density at radius 3 is 2.67 bits per heavy atom. The highest BCUT2D eigenvalue weighted by atomic mass is 35.5. The van der Waals surface area contributed by atoms with Gasteiger partial charge in [0.2, 0.25) is 0 Å². The molecule has 178 valence electrons. The number of methoxy groups -OCH3 is 1. The molecule has 8 nitrogen and oxygen atoms in total. The normalized spacial score (nSPS) is 19.3. The van der Waals surface area contributed by atoms with Gasteiger partial charge in [-0.3, -0.25) is 8.98 Å². The van der Waals surface area contributed by atoms with E-state index in [1.165, 1.54) is 49.0 Å². The van der Waals surface area contributed by atoms with Gasteiger partial charge < -0.3 is 19.7 Å². The summed E-state index contributed by atoms with van der Waals surface area (Å²) in [5.74, 6) is -0.562. The van der Waals surface area contributed by atoms with Crippen LogP contribution in [0.4, 0.5) is 10.1 Å². The van der Waals surface area contributed by atoms with Crippen molar-refractivity contribution in [3.05, 3.63) is 58.9 Å². The molecular weight excluding hydrogens is 495 g/mol. The van der Waals surface area contributed by atoms with Crippen molar-refractivity contribution >= 4 is 51.4 Å². The van der Waals surface area contributed by atoms with E-state index in [4.69, 9.17) is 37.5 Å². The lowest BCUT2D eigenvalue weighted by molar-refractivity contribution is -0.121. The van der Waals surface area contributed by atoms with E-state index in [1.807, 2.05) is 0 Å². The minimum atomic E-state index is -3.99. The second-order valence-corrected chi connectivity index (χ2v) is 9.34. The molecule has 2 aromatic carbocycles. The third-order valence-corrected chi connectivity index (χ3v) is 6.73. The number of ether oxygens (including phenoxy) is 2. The summed E-state index contributed by atoms with van der Waals surface area (Å²) in [4.78, 5) is 13.1. The second-order valence-electron chi connectivity index (χ2n) is 7.05. The number of thiocarbonyl (C=S) groups is 1. The van der Waals surface area contributed by atoms with Crippen molar-refractivity contribution in [2.75, 3.05) is 25.2 Å². The molecule has 0 amide bonds. The predicted molar refractivity (Wildman–Crippen MR) is 124 cm³/mol. The zero-order valence-corrected chi connectivity index (χ0v) is 19.9. The zero-order chi connectivity index (χ0) is 24.0. The van der Waals surface area contributed by atoms with Crippen molar-refractivity contribution in [2.45, 2.75) is 29.9 Å². The van der Waals surface area contributed by atoms with Crippen molar-refractivity contribution in [1.29, 1.82) is 0 Å². The van der Waals surface area contributed by atoms with E-state index >= 15 is 0 Å². The summed E-state index contributed by atoms with van der Waals surface area (Å²) in [6.07, 6.45) is -1.36. The molecular formula is C21H22ClFN2O6S2. The van der Waals surface area contributed by atoms with Crippen LogP contribution in [-0.2, 0) is 35.0 Å². The molecule has 3 unspecified atom stereocenters. The number of anilines is 1. The van der Waals surface area contributed by atoms with Gasteiger partial charge in [0.1, 0.15) is 11.9 Å². The van der Waals surface area contributed by atoms with Crippen LogP contribution in [0.15, 0.2) is 47.4 Å². The summed E-state index contributed by atoms with van der Waals surface area (Å²) in [6, 6.07) is 9.95. The molecule has 0 spiro atoms. The molecule has 3 atom stereocenters. The highest BCUT2D eigenvalue weighted by molar-refractivity contribution is 7.86. The summed E-state index contributed by atoms with van der Waals surface area (Å²) in [6.45, 7) is 0.0190. The standard InChI is InChI=1S/C21H22ClFN2O6S2/c1-29-21(24-13-32)19-11-25(20(12-26)31-19)16-5-2-14(18(23)10-16)8-9-30-33(27,28)17-6-3-15(22)4-7-17/h2-7,10,12-13,19-21H,8-9,11H2,1H3,(H,24,32). The van der Waals surface area contributed by atoms with Crippen LogP contribution in [0.5, 0.6) is 0 Å². The first-order valence-electron chi connectivity index (χ1n) is 9.82. The average Bonchev–Trinajstić information content (AvgIpc) is 3.23. The fourth-order valence-electron chi connectivity index (χ4n) is 3.36. The number of halogens is 2. The summed E-state index contributed by atoms with van der Waals surface area (Å²) in [7, 11) is -2.51. The van der Waals surface area contributed by atoms with Gasteiger partial charge in [0.15, 0.2) is 18.7 Å². The molecule has 1 N–H and O–H groups in total. The number of carbonyl (C=O) groups excluding carboxylic acids is 1. The Morgan fingerprint density at radius 2 is 2.06 bits per heavy atom. The van der Waals surface area contributed by atoms with Crippen molar-refractivity contribution in [2.24, 2.45) is 0 Å². The monoisotopic (exact) mass is 516 g/mol.